The van der Waals surface area contributed by atoms with Crippen LogP contribution in [0.15, 0.2) is 24.5 Å². The molecule has 0 saturated carbocycles. The summed E-state index contributed by atoms with van der Waals surface area (Å²) in [5.74, 6) is -0.386. The maximum atomic E-state index is 11.6. The largest absolute Gasteiger partial charge is 0.461 e. The van der Waals surface area contributed by atoms with Gasteiger partial charge >= 0.3 is 5.97 Å². The second kappa shape index (κ2) is 5.50. The average Bonchev–Trinajstić information content (AvgIpc) is 2.70. The highest BCUT2D eigenvalue weighted by Gasteiger charge is 2.17. The maximum absolute atomic E-state index is 11.6. The zero-order chi connectivity index (χ0) is 14.0. The van der Waals surface area contributed by atoms with E-state index in [0.29, 0.717) is 15.7 Å². The van der Waals surface area contributed by atoms with E-state index in [1.807, 2.05) is 0 Å². The number of anilines is 1. The Morgan fingerprint density at radius 1 is 1.37 bits per heavy atom. The van der Waals surface area contributed by atoms with Crippen molar-refractivity contribution in [2.24, 2.45) is 0 Å². The summed E-state index contributed by atoms with van der Waals surface area (Å²) in [5, 5.41) is 0.932. The van der Waals surface area contributed by atoms with Gasteiger partial charge in [-0.15, -0.1) is 0 Å². The number of hydrogen-bond donors (Lipinski definition) is 1. The molecule has 7 heteroatoms. The fraction of sp³-hybridized carbons (Fsp3) is 0.167. The minimum atomic E-state index is -0.563. The van der Waals surface area contributed by atoms with E-state index >= 15 is 0 Å². The van der Waals surface area contributed by atoms with Crippen LogP contribution in [0.4, 0.5) is 5.82 Å². The molecule has 0 unspecified atom stereocenters. The van der Waals surface area contributed by atoms with Crippen molar-refractivity contribution in [1.82, 2.24) is 9.55 Å². The number of nitrogen functional groups attached to an aromatic ring is 1. The van der Waals surface area contributed by atoms with Gasteiger partial charge < -0.3 is 10.5 Å². The minimum absolute atomic E-state index is 0.0675. The normalized spacial score (nSPS) is 10.5. The Morgan fingerprint density at radius 2 is 2.00 bits per heavy atom. The summed E-state index contributed by atoms with van der Waals surface area (Å²) in [5.41, 5.74) is 6.57. The molecule has 5 nitrogen and oxygen atoms in total. The number of benzene rings is 1. The van der Waals surface area contributed by atoms with Gasteiger partial charge in [-0.25, -0.2) is 9.78 Å². The van der Waals surface area contributed by atoms with Crippen LogP contribution in [-0.4, -0.2) is 22.1 Å². The van der Waals surface area contributed by atoms with Gasteiger partial charge in [0.25, 0.3) is 0 Å². The van der Waals surface area contributed by atoms with Gasteiger partial charge in [-0.05, 0) is 25.1 Å². The number of imidazole rings is 1. The summed E-state index contributed by atoms with van der Waals surface area (Å²) in [4.78, 5) is 15.6. The molecule has 19 heavy (non-hydrogen) atoms. The second-order valence-electron chi connectivity index (χ2n) is 3.70. The van der Waals surface area contributed by atoms with Gasteiger partial charge in [-0.3, -0.25) is 4.57 Å². The van der Waals surface area contributed by atoms with Crippen molar-refractivity contribution in [2.45, 2.75) is 6.92 Å². The molecule has 0 aliphatic rings. The lowest BCUT2D eigenvalue weighted by Crippen LogP contribution is -2.09. The van der Waals surface area contributed by atoms with Gasteiger partial charge in [0.05, 0.1) is 12.3 Å². The number of halogens is 2. The number of esters is 1. The number of carbonyl (C=O) groups is 1. The van der Waals surface area contributed by atoms with Gasteiger partial charge in [0.2, 0.25) is 0 Å². The molecule has 1 heterocycles. The molecule has 2 N–H and O–H groups in total. The zero-order valence-electron chi connectivity index (χ0n) is 10.1. The molecule has 0 bridgehead atoms. The van der Waals surface area contributed by atoms with Crippen molar-refractivity contribution in [1.29, 1.82) is 0 Å². The number of carbonyl (C=O) groups excluding carboxylic acids is 1. The van der Waals surface area contributed by atoms with E-state index in [4.69, 9.17) is 33.7 Å². The summed E-state index contributed by atoms with van der Waals surface area (Å²) in [6, 6.07) is 4.94. The van der Waals surface area contributed by atoms with Crippen LogP contribution in [0, 0.1) is 0 Å². The Balaban J connectivity index is 2.44. The first-order chi connectivity index (χ1) is 9.02. The van der Waals surface area contributed by atoms with E-state index in [1.165, 1.54) is 10.9 Å². The van der Waals surface area contributed by atoms with Crippen molar-refractivity contribution >= 4 is 35.0 Å². The van der Waals surface area contributed by atoms with Crippen molar-refractivity contribution in [2.75, 3.05) is 12.3 Å². The molecule has 0 radical (unpaired) electrons. The van der Waals surface area contributed by atoms with Crippen LogP contribution in [0.3, 0.4) is 0 Å². The Kier molecular flexibility index (Phi) is 3.97. The molecule has 1 aromatic carbocycles. The SMILES string of the molecule is CCOC(=O)c1ncn(-c2cc(Cl)cc(Cl)c2)c1N. The third-order valence-electron chi connectivity index (χ3n) is 2.40. The molecule has 2 rings (SSSR count). The van der Waals surface area contributed by atoms with E-state index in [9.17, 15) is 4.79 Å². The summed E-state index contributed by atoms with van der Waals surface area (Å²) >= 11 is 11.8. The highest BCUT2D eigenvalue weighted by atomic mass is 35.5. The zero-order valence-corrected chi connectivity index (χ0v) is 11.6. The third-order valence-corrected chi connectivity index (χ3v) is 2.84. The quantitative estimate of drug-likeness (QED) is 0.885. The predicted octanol–water partition coefficient (Wildman–Crippen LogP) is 2.94. The standard InChI is InChI=1S/C12H11Cl2N3O2/c1-2-19-12(18)10-11(15)17(6-16-10)9-4-7(13)3-8(14)5-9/h3-6H,2,15H2,1H3. The Bertz CT molecular complexity index is 605. The Hall–Kier alpha value is -1.72. The summed E-state index contributed by atoms with van der Waals surface area (Å²) < 4.78 is 6.38. The van der Waals surface area contributed by atoms with Crippen molar-refractivity contribution in [3.63, 3.8) is 0 Å². The topological polar surface area (TPSA) is 70.1 Å². The molecular weight excluding hydrogens is 289 g/mol. The number of nitrogens with zero attached hydrogens (tertiary/aromatic N) is 2. The van der Waals surface area contributed by atoms with Crippen molar-refractivity contribution in [3.05, 3.63) is 40.3 Å². The summed E-state index contributed by atoms with van der Waals surface area (Å²) in [6.45, 7) is 1.97. The molecule has 0 fully saturated rings. The predicted molar refractivity (Wildman–Crippen MR) is 74.0 cm³/mol. The van der Waals surface area contributed by atoms with Crippen LogP contribution in [0.1, 0.15) is 17.4 Å². The average molecular weight is 300 g/mol. The van der Waals surface area contributed by atoms with Crippen LogP contribution >= 0.6 is 23.2 Å². The van der Waals surface area contributed by atoms with Crippen LogP contribution in [0.25, 0.3) is 5.69 Å². The highest BCUT2D eigenvalue weighted by Crippen LogP contribution is 2.24. The lowest BCUT2D eigenvalue weighted by molar-refractivity contribution is 0.0521. The van der Waals surface area contributed by atoms with Gasteiger partial charge in [-0.1, -0.05) is 23.2 Å². The molecule has 2 aromatic rings. The van der Waals surface area contributed by atoms with E-state index < -0.39 is 5.97 Å². The fourth-order valence-electron chi connectivity index (χ4n) is 1.60. The molecule has 0 atom stereocenters. The molecular formula is C12H11Cl2N3O2. The fourth-order valence-corrected chi connectivity index (χ4v) is 2.11. The summed E-state index contributed by atoms with van der Waals surface area (Å²) in [6.07, 6.45) is 1.42. The van der Waals surface area contributed by atoms with Crippen LogP contribution in [0.2, 0.25) is 10.0 Å². The van der Waals surface area contributed by atoms with Crippen LogP contribution < -0.4 is 5.73 Å². The first-order valence-corrected chi connectivity index (χ1v) is 6.25. The first kappa shape index (κ1) is 13.7. The van der Waals surface area contributed by atoms with Crippen LogP contribution in [0.5, 0.6) is 0 Å². The van der Waals surface area contributed by atoms with E-state index in [-0.39, 0.29) is 18.1 Å². The monoisotopic (exact) mass is 299 g/mol. The van der Waals surface area contributed by atoms with E-state index in [1.54, 1.807) is 25.1 Å². The smallest absolute Gasteiger partial charge is 0.360 e. The molecule has 100 valence electrons. The summed E-state index contributed by atoms with van der Waals surface area (Å²) in [7, 11) is 0. The molecule has 0 spiro atoms. The van der Waals surface area contributed by atoms with Crippen LogP contribution in [-0.2, 0) is 4.74 Å². The number of aromatic nitrogens is 2. The lowest BCUT2D eigenvalue weighted by Gasteiger charge is -2.07. The van der Waals surface area contributed by atoms with Gasteiger partial charge in [-0.2, -0.15) is 0 Å². The maximum Gasteiger partial charge on any atom is 0.360 e. The van der Waals surface area contributed by atoms with E-state index in [2.05, 4.69) is 4.98 Å². The number of ether oxygens (including phenoxy) is 1. The molecule has 1 aromatic heterocycles. The molecule has 0 saturated heterocycles. The van der Waals surface area contributed by atoms with Gasteiger partial charge in [0, 0.05) is 10.0 Å². The molecule has 0 aliphatic carbocycles. The number of nitrogens with two attached hydrogens (primary N) is 1. The van der Waals surface area contributed by atoms with Crippen molar-refractivity contribution in [3.8, 4) is 5.69 Å². The van der Waals surface area contributed by atoms with E-state index in [0.717, 1.165) is 0 Å². The molecule has 0 amide bonds. The van der Waals surface area contributed by atoms with Crippen molar-refractivity contribution < 1.29 is 9.53 Å². The third kappa shape index (κ3) is 2.83. The Labute approximate surface area is 119 Å². The highest BCUT2D eigenvalue weighted by molar-refractivity contribution is 6.34. The second-order valence-corrected chi connectivity index (χ2v) is 4.57. The first-order valence-electron chi connectivity index (χ1n) is 5.49. The molecule has 0 aliphatic heterocycles. The Morgan fingerprint density at radius 3 is 2.58 bits per heavy atom. The lowest BCUT2D eigenvalue weighted by atomic mass is 10.3. The minimum Gasteiger partial charge on any atom is -0.461 e. The van der Waals surface area contributed by atoms with Gasteiger partial charge in [0.15, 0.2) is 5.69 Å². The van der Waals surface area contributed by atoms with Gasteiger partial charge in [0.1, 0.15) is 12.1 Å². The number of rotatable bonds is 3. The number of hydrogen-bond acceptors (Lipinski definition) is 4.